The minimum Gasteiger partial charge on any atom is -0.488 e. The Labute approximate surface area is 145 Å². The number of aryl methyl sites for hydroxylation is 2. The molecule has 0 saturated carbocycles. The van der Waals surface area contributed by atoms with Gasteiger partial charge in [-0.25, -0.2) is 4.79 Å². The van der Waals surface area contributed by atoms with Gasteiger partial charge in [0.05, 0.1) is 0 Å². The van der Waals surface area contributed by atoms with Crippen molar-refractivity contribution >= 4 is 22.6 Å². The summed E-state index contributed by atoms with van der Waals surface area (Å²) in [5.41, 5.74) is 3.92. The summed E-state index contributed by atoms with van der Waals surface area (Å²) in [6, 6.07) is 11.4. The van der Waals surface area contributed by atoms with Crippen LogP contribution in [0.5, 0.6) is 5.75 Å². The van der Waals surface area contributed by atoms with Gasteiger partial charge in [-0.2, -0.15) is 0 Å². The molecule has 3 nitrogen and oxygen atoms in total. The van der Waals surface area contributed by atoms with Gasteiger partial charge in [0, 0.05) is 21.5 Å². The highest BCUT2D eigenvalue weighted by atomic mass is 35.5. The maximum absolute atomic E-state index is 12.1. The van der Waals surface area contributed by atoms with Crippen molar-refractivity contribution in [3.8, 4) is 5.75 Å². The first-order chi connectivity index (χ1) is 11.5. The number of benzene rings is 2. The zero-order valence-corrected chi connectivity index (χ0v) is 14.7. The lowest BCUT2D eigenvalue weighted by atomic mass is 10.0. The third kappa shape index (κ3) is 3.04. The lowest BCUT2D eigenvalue weighted by molar-refractivity contribution is 0.304. The Morgan fingerprint density at radius 2 is 1.75 bits per heavy atom. The first kappa shape index (κ1) is 16.6. The number of rotatable bonds is 4. The molecule has 2 aromatic carbocycles. The number of halogens is 1. The van der Waals surface area contributed by atoms with Gasteiger partial charge < -0.3 is 9.15 Å². The van der Waals surface area contributed by atoms with Crippen LogP contribution in [0.4, 0.5) is 0 Å². The third-order valence-corrected chi connectivity index (χ3v) is 4.57. The van der Waals surface area contributed by atoms with Gasteiger partial charge >= 0.3 is 5.63 Å². The first-order valence-electron chi connectivity index (χ1n) is 7.94. The van der Waals surface area contributed by atoms with Crippen LogP contribution < -0.4 is 10.4 Å². The molecule has 0 aliphatic rings. The summed E-state index contributed by atoms with van der Waals surface area (Å²) >= 11 is 5.89. The number of hydrogen-bond donors (Lipinski definition) is 0. The fourth-order valence-electron chi connectivity index (χ4n) is 2.88. The Balaban J connectivity index is 1.96. The number of ether oxygens (including phenoxy) is 1. The van der Waals surface area contributed by atoms with E-state index in [1.807, 2.05) is 57.2 Å². The van der Waals surface area contributed by atoms with Crippen molar-refractivity contribution in [1.82, 2.24) is 0 Å². The lowest BCUT2D eigenvalue weighted by Gasteiger charge is -2.13. The van der Waals surface area contributed by atoms with Crippen LogP contribution in [0.3, 0.4) is 0 Å². The molecule has 3 aromatic rings. The Kier molecular flexibility index (Phi) is 4.63. The normalized spacial score (nSPS) is 11.0. The SMILES string of the molecule is CCc1c(C)c2ccc(OCc3ccc(Cl)cc3)c(C)c2oc1=O. The monoisotopic (exact) mass is 342 g/mol. The van der Waals surface area contributed by atoms with Crippen LogP contribution in [0.25, 0.3) is 11.0 Å². The minimum atomic E-state index is -0.263. The molecular formula is C20H19ClO3. The van der Waals surface area contributed by atoms with Crippen molar-refractivity contribution in [3.63, 3.8) is 0 Å². The van der Waals surface area contributed by atoms with Gasteiger partial charge in [-0.15, -0.1) is 0 Å². The highest BCUT2D eigenvalue weighted by Crippen LogP contribution is 2.30. The number of hydrogen-bond acceptors (Lipinski definition) is 3. The molecule has 0 N–H and O–H groups in total. The summed E-state index contributed by atoms with van der Waals surface area (Å²) < 4.78 is 11.5. The van der Waals surface area contributed by atoms with Gasteiger partial charge in [0.2, 0.25) is 0 Å². The van der Waals surface area contributed by atoms with Crippen molar-refractivity contribution in [2.45, 2.75) is 33.8 Å². The summed E-state index contributed by atoms with van der Waals surface area (Å²) in [5, 5.41) is 1.66. The van der Waals surface area contributed by atoms with Crippen LogP contribution in [-0.2, 0) is 13.0 Å². The Morgan fingerprint density at radius 1 is 1.04 bits per heavy atom. The largest absolute Gasteiger partial charge is 0.488 e. The molecule has 4 heteroatoms. The van der Waals surface area contributed by atoms with Crippen LogP contribution >= 0.6 is 11.6 Å². The minimum absolute atomic E-state index is 0.263. The predicted molar refractivity (Wildman–Crippen MR) is 97.1 cm³/mol. The zero-order chi connectivity index (χ0) is 17.3. The van der Waals surface area contributed by atoms with E-state index in [9.17, 15) is 4.79 Å². The average molecular weight is 343 g/mol. The van der Waals surface area contributed by atoms with E-state index < -0.39 is 0 Å². The van der Waals surface area contributed by atoms with E-state index in [1.54, 1.807) is 0 Å². The standard InChI is InChI=1S/C20H19ClO3/c1-4-16-12(2)17-9-10-18(13(3)19(17)24-20(16)22)23-11-14-5-7-15(21)8-6-14/h5-10H,4,11H2,1-3H3. The second-order valence-electron chi connectivity index (χ2n) is 5.83. The molecule has 0 radical (unpaired) electrons. The van der Waals surface area contributed by atoms with Gasteiger partial charge in [0.25, 0.3) is 0 Å². The van der Waals surface area contributed by atoms with Crippen LogP contribution in [0.1, 0.15) is 29.2 Å². The molecule has 1 aromatic heterocycles. The topological polar surface area (TPSA) is 39.4 Å². The number of fused-ring (bicyclic) bond motifs is 1. The van der Waals surface area contributed by atoms with Crippen LogP contribution in [-0.4, -0.2) is 0 Å². The van der Waals surface area contributed by atoms with Crippen molar-refractivity contribution in [3.05, 3.63) is 74.1 Å². The predicted octanol–water partition coefficient (Wildman–Crippen LogP) is 5.20. The van der Waals surface area contributed by atoms with E-state index in [-0.39, 0.29) is 5.63 Å². The summed E-state index contributed by atoms with van der Waals surface area (Å²) in [6.07, 6.45) is 0.665. The second kappa shape index (κ2) is 6.70. The van der Waals surface area contributed by atoms with Crippen molar-refractivity contribution in [1.29, 1.82) is 0 Å². The summed E-state index contributed by atoms with van der Waals surface area (Å²) in [6.45, 7) is 6.26. The first-order valence-corrected chi connectivity index (χ1v) is 8.32. The van der Waals surface area contributed by atoms with Crippen molar-refractivity contribution in [2.24, 2.45) is 0 Å². The lowest BCUT2D eigenvalue weighted by Crippen LogP contribution is -2.09. The smallest absolute Gasteiger partial charge is 0.339 e. The molecule has 0 fully saturated rings. The molecule has 0 bridgehead atoms. The molecule has 0 spiro atoms. The van der Waals surface area contributed by atoms with Gasteiger partial charge in [-0.3, -0.25) is 0 Å². The summed E-state index contributed by atoms with van der Waals surface area (Å²) in [7, 11) is 0. The molecule has 0 aliphatic carbocycles. The van der Waals surface area contributed by atoms with E-state index in [0.29, 0.717) is 29.4 Å². The van der Waals surface area contributed by atoms with E-state index in [0.717, 1.165) is 27.6 Å². The molecular weight excluding hydrogens is 324 g/mol. The van der Waals surface area contributed by atoms with Crippen molar-refractivity contribution < 1.29 is 9.15 Å². The van der Waals surface area contributed by atoms with E-state index in [2.05, 4.69) is 0 Å². The van der Waals surface area contributed by atoms with Crippen LogP contribution in [0, 0.1) is 13.8 Å². The molecule has 0 aliphatic heterocycles. The highest BCUT2D eigenvalue weighted by molar-refractivity contribution is 6.30. The van der Waals surface area contributed by atoms with E-state index >= 15 is 0 Å². The summed E-state index contributed by atoms with van der Waals surface area (Å²) in [4.78, 5) is 12.1. The molecule has 124 valence electrons. The molecule has 0 saturated heterocycles. The van der Waals surface area contributed by atoms with Gasteiger partial charge in [0.1, 0.15) is 17.9 Å². The quantitative estimate of drug-likeness (QED) is 0.611. The van der Waals surface area contributed by atoms with Gasteiger partial charge in [-0.1, -0.05) is 30.7 Å². The summed E-state index contributed by atoms with van der Waals surface area (Å²) in [5.74, 6) is 0.712. The Morgan fingerprint density at radius 3 is 2.42 bits per heavy atom. The molecule has 3 rings (SSSR count). The van der Waals surface area contributed by atoms with Gasteiger partial charge in [-0.05, 0) is 55.7 Å². The molecule has 1 heterocycles. The zero-order valence-electron chi connectivity index (χ0n) is 14.0. The van der Waals surface area contributed by atoms with E-state index in [4.69, 9.17) is 20.8 Å². The third-order valence-electron chi connectivity index (χ3n) is 4.32. The van der Waals surface area contributed by atoms with Gasteiger partial charge in [0.15, 0.2) is 0 Å². The Bertz CT molecular complexity index is 940. The molecule has 24 heavy (non-hydrogen) atoms. The maximum atomic E-state index is 12.1. The Hall–Kier alpha value is -2.26. The second-order valence-corrected chi connectivity index (χ2v) is 6.26. The van der Waals surface area contributed by atoms with Crippen LogP contribution in [0.15, 0.2) is 45.6 Å². The highest BCUT2D eigenvalue weighted by Gasteiger charge is 2.14. The molecule has 0 atom stereocenters. The fourth-order valence-corrected chi connectivity index (χ4v) is 3.00. The van der Waals surface area contributed by atoms with E-state index in [1.165, 1.54) is 0 Å². The molecule has 0 amide bonds. The average Bonchev–Trinajstić information content (AvgIpc) is 2.57. The van der Waals surface area contributed by atoms with Crippen LogP contribution in [0.2, 0.25) is 5.02 Å². The fraction of sp³-hybridized carbons (Fsp3) is 0.250. The molecule has 0 unspecified atom stereocenters. The maximum Gasteiger partial charge on any atom is 0.339 e. The van der Waals surface area contributed by atoms with Crippen molar-refractivity contribution in [2.75, 3.05) is 0 Å².